The van der Waals surface area contributed by atoms with Gasteiger partial charge in [0.2, 0.25) is 0 Å². The van der Waals surface area contributed by atoms with Gasteiger partial charge in [0.1, 0.15) is 0 Å². The predicted octanol–water partition coefficient (Wildman–Crippen LogP) is 0.445. The molecule has 54 valence electrons. The molecule has 0 aromatic rings. The Kier molecular flexibility index (Phi) is 3.90. The molecule has 4 heteroatoms. The van der Waals surface area contributed by atoms with Gasteiger partial charge in [-0.1, -0.05) is 0 Å². The molecular formula is C5H11O3Sb. The maximum absolute atomic E-state index is 5.26. The molecule has 0 spiro atoms. The van der Waals surface area contributed by atoms with E-state index in [-0.39, 0.29) is 0 Å². The van der Waals surface area contributed by atoms with Crippen molar-refractivity contribution < 1.29 is 9.05 Å². The van der Waals surface area contributed by atoms with Crippen molar-refractivity contribution in [3.05, 3.63) is 0 Å². The van der Waals surface area contributed by atoms with Crippen molar-refractivity contribution in [3.8, 4) is 0 Å². The number of hydrogen-bond acceptors (Lipinski definition) is 3. The van der Waals surface area contributed by atoms with Gasteiger partial charge < -0.3 is 0 Å². The summed E-state index contributed by atoms with van der Waals surface area (Å²) in [6.45, 7) is 4.36. The predicted molar refractivity (Wildman–Crippen MR) is 33.9 cm³/mol. The van der Waals surface area contributed by atoms with Crippen LogP contribution in [0.1, 0.15) is 13.3 Å². The molecule has 0 N–H and O–H groups in total. The first kappa shape index (κ1) is 7.80. The summed E-state index contributed by atoms with van der Waals surface area (Å²) in [5.74, 6) is 0. The van der Waals surface area contributed by atoms with Crippen LogP contribution >= 0.6 is 0 Å². The molecule has 1 aliphatic heterocycles. The molecule has 1 saturated heterocycles. The Labute approximate surface area is 63.9 Å². The van der Waals surface area contributed by atoms with Crippen molar-refractivity contribution in [2.24, 2.45) is 0 Å². The fourth-order valence-corrected chi connectivity index (χ4v) is 3.38. The average molecular weight is 241 g/mol. The SMILES string of the molecule is CC[O][Sb]1[O]CCC[O]1. The first-order valence-electron chi connectivity index (χ1n) is 3.12. The average Bonchev–Trinajstić information content (AvgIpc) is 1.91. The van der Waals surface area contributed by atoms with Gasteiger partial charge in [-0.25, -0.2) is 0 Å². The number of hydrogen-bond donors (Lipinski definition) is 0. The zero-order valence-electron chi connectivity index (χ0n) is 5.50. The summed E-state index contributed by atoms with van der Waals surface area (Å²) >= 11 is -2.02. The Bertz CT molecular complexity index is 69.8. The molecule has 0 radical (unpaired) electrons. The summed E-state index contributed by atoms with van der Waals surface area (Å²) in [6, 6.07) is 0. The van der Waals surface area contributed by atoms with Crippen LogP contribution in [0.2, 0.25) is 0 Å². The molecule has 0 aliphatic carbocycles. The van der Waals surface area contributed by atoms with Crippen LogP contribution < -0.4 is 0 Å². The molecule has 9 heavy (non-hydrogen) atoms. The Hall–Kier alpha value is 0.698. The Morgan fingerprint density at radius 3 is 2.67 bits per heavy atom. The minimum atomic E-state index is -2.02. The summed E-state index contributed by atoms with van der Waals surface area (Å²) in [4.78, 5) is 0. The number of rotatable bonds is 2. The summed E-state index contributed by atoms with van der Waals surface area (Å²) in [5.41, 5.74) is 0. The van der Waals surface area contributed by atoms with Gasteiger partial charge in [0.25, 0.3) is 0 Å². The van der Waals surface area contributed by atoms with Gasteiger partial charge >= 0.3 is 63.7 Å². The summed E-state index contributed by atoms with van der Waals surface area (Å²) in [7, 11) is 0. The van der Waals surface area contributed by atoms with Gasteiger partial charge in [-0.05, 0) is 0 Å². The fraction of sp³-hybridized carbons (Fsp3) is 1.00. The second kappa shape index (κ2) is 4.50. The van der Waals surface area contributed by atoms with E-state index in [4.69, 9.17) is 9.05 Å². The molecule has 0 aromatic heterocycles. The Morgan fingerprint density at radius 1 is 1.44 bits per heavy atom. The van der Waals surface area contributed by atoms with E-state index in [2.05, 4.69) is 0 Å². The van der Waals surface area contributed by atoms with Crippen LogP contribution in [0.25, 0.3) is 0 Å². The quantitative estimate of drug-likeness (QED) is 0.656. The van der Waals surface area contributed by atoms with E-state index in [0.717, 1.165) is 26.2 Å². The van der Waals surface area contributed by atoms with E-state index >= 15 is 0 Å². The van der Waals surface area contributed by atoms with Crippen molar-refractivity contribution in [3.63, 3.8) is 0 Å². The third-order valence-corrected chi connectivity index (χ3v) is 4.50. The molecule has 1 heterocycles. The van der Waals surface area contributed by atoms with Gasteiger partial charge in [-0.2, -0.15) is 0 Å². The van der Waals surface area contributed by atoms with E-state index in [9.17, 15) is 0 Å². The monoisotopic (exact) mass is 240 g/mol. The molecule has 0 aromatic carbocycles. The van der Waals surface area contributed by atoms with Crippen molar-refractivity contribution in [2.75, 3.05) is 19.8 Å². The standard InChI is InChI=1S/C3H6O2.C2H5O.Sb/c4-2-1-3-5;1-2-3;/h1-3H2;2H2,1H3;/q-2;-1;+3. The van der Waals surface area contributed by atoms with E-state index in [1.165, 1.54) is 0 Å². The topological polar surface area (TPSA) is 27.7 Å². The molecule has 0 saturated carbocycles. The van der Waals surface area contributed by atoms with E-state index in [0.29, 0.717) is 0 Å². The van der Waals surface area contributed by atoms with Gasteiger partial charge in [0.05, 0.1) is 0 Å². The van der Waals surface area contributed by atoms with E-state index in [1.807, 2.05) is 6.92 Å². The molecular weight excluding hydrogens is 230 g/mol. The van der Waals surface area contributed by atoms with Crippen LogP contribution in [0.15, 0.2) is 0 Å². The molecule has 0 atom stereocenters. The summed E-state index contributed by atoms with van der Waals surface area (Å²) in [6.07, 6.45) is 1.02. The van der Waals surface area contributed by atoms with Crippen LogP contribution in [0.3, 0.4) is 0 Å². The van der Waals surface area contributed by atoms with E-state index < -0.39 is 21.5 Å². The zero-order chi connectivity index (χ0) is 6.53. The van der Waals surface area contributed by atoms with Crippen LogP contribution in [0.4, 0.5) is 0 Å². The molecule has 1 aliphatic rings. The second-order valence-corrected chi connectivity index (χ2v) is 5.15. The molecule has 1 rings (SSSR count). The Balaban J connectivity index is 2.08. The summed E-state index contributed by atoms with van der Waals surface area (Å²) < 4.78 is 15.7. The molecule has 3 nitrogen and oxygen atoms in total. The van der Waals surface area contributed by atoms with Gasteiger partial charge in [0.15, 0.2) is 0 Å². The van der Waals surface area contributed by atoms with Gasteiger partial charge in [-0.3, -0.25) is 0 Å². The normalized spacial score (nSPS) is 22.3. The summed E-state index contributed by atoms with van der Waals surface area (Å²) in [5, 5.41) is 0. The molecule has 0 amide bonds. The maximum atomic E-state index is 5.26. The third-order valence-electron chi connectivity index (χ3n) is 0.917. The third kappa shape index (κ3) is 2.85. The molecule has 0 unspecified atom stereocenters. The van der Waals surface area contributed by atoms with Crippen LogP contribution in [0, 0.1) is 0 Å². The Morgan fingerprint density at radius 2 is 2.11 bits per heavy atom. The van der Waals surface area contributed by atoms with Gasteiger partial charge in [-0.15, -0.1) is 0 Å². The van der Waals surface area contributed by atoms with Crippen LogP contribution in [-0.4, -0.2) is 41.3 Å². The van der Waals surface area contributed by atoms with Gasteiger partial charge in [0, 0.05) is 0 Å². The van der Waals surface area contributed by atoms with Crippen molar-refractivity contribution in [1.82, 2.24) is 0 Å². The first-order chi connectivity index (χ1) is 4.43. The van der Waals surface area contributed by atoms with Crippen LogP contribution in [-0.2, 0) is 9.05 Å². The van der Waals surface area contributed by atoms with Crippen molar-refractivity contribution >= 4 is 21.5 Å². The zero-order valence-corrected chi connectivity index (χ0v) is 8.05. The van der Waals surface area contributed by atoms with Crippen molar-refractivity contribution in [1.29, 1.82) is 0 Å². The fourth-order valence-electron chi connectivity index (χ4n) is 0.554. The molecule has 0 bridgehead atoms. The van der Waals surface area contributed by atoms with E-state index in [1.54, 1.807) is 0 Å². The van der Waals surface area contributed by atoms with Crippen molar-refractivity contribution in [2.45, 2.75) is 13.3 Å². The van der Waals surface area contributed by atoms with Crippen LogP contribution in [0.5, 0.6) is 0 Å². The molecule has 1 fully saturated rings. The minimum absolute atomic E-state index is 0.725. The second-order valence-electron chi connectivity index (χ2n) is 1.66. The first-order valence-corrected chi connectivity index (χ1v) is 6.25.